The Balaban J connectivity index is 2.79. The molecule has 0 aliphatic heterocycles. The average molecular weight is 211 g/mol. The van der Waals surface area contributed by atoms with Crippen molar-refractivity contribution in [2.24, 2.45) is 0 Å². The molecule has 0 saturated heterocycles. The highest BCUT2D eigenvalue weighted by Gasteiger charge is 2.10. The lowest BCUT2D eigenvalue weighted by Crippen LogP contribution is -2.01. The summed E-state index contributed by atoms with van der Waals surface area (Å²) in [6.07, 6.45) is 0. The molecule has 0 atom stereocenters. The molecule has 1 aromatic carbocycles. The SMILES string of the molecule is CCn1nc2c(Cl)cccc2c1CO. The van der Waals surface area contributed by atoms with E-state index in [0.717, 1.165) is 23.1 Å². The van der Waals surface area contributed by atoms with Crippen LogP contribution in [0.5, 0.6) is 0 Å². The molecule has 0 aliphatic carbocycles. The van der Waals surface area contributed by atoms with E-state index in [1.54, 1.807) is 10.7 Å². The first-order chi connectivity index (χ1) is 6.77. The smallest absolute Gasteiger partial charge is 0.111 e. The highest BCUT2D eigenvalue weighted by Crippen LogP contribution is 2.25. The molecule has 1 aromatic heterocycles. The lowest BCUT2D eigenvalue weighted by Gasteiger charge is -1.99. The average Bonchev–Trinajstić information content (AvgIpc) is 2.57. The Labute approximate surface area is 86.9 Å². The van der Waals surface area contributed by atoms with Gasteiger partial charge in [0.2, 0.25) is 0 Å². The molecule has 0 radical (unpaired) electrons. The summed E-state index contributed by atoms with van der Waals surface area (Å²) in [6.45, 7) is 2.71. The molecule has 0 bridgehead atoms. The van der Waals surface area contributed by atoms with Crippen molar-refractivity contribution in [3.8, 4) is 0 Å². The van der Waals surface area contributed by atoms with Gasteiger partial charge in [0.25, 0.3) is 0 Å². The van der Waals surface area contributed by atoms with Crippen LogP contribution in [0.15, 0.2) is 18.2 Å². The Morgan fingerprint density at radius 1 is 1.50 bits per heavy atom. The Kier molecular flexibility index (Phi) is 2.44. The predicted molar refractivity (Wildman–Crippen MR) is 56.3 cm³/mol. The first-order valence-corrected chi connectivity index (χ1v) is 4.90. The van der Waals surface area contributed by atoms with E-state index >= 15 is 0 Å². The van der Waals surface area contributed by atoms with Gasteiger partial charge >= 0.3 is 0 Å². The van der Waals surface area contributed by atoms with Gasteiger partial charge in [-0.3, -0.25) is 4.68 Å². The van der Waals surface area contributed by atoms with Gasteiger partial charge in [0.15, 0.2) is 0 Å². The zero-order chi connectivity index (χ0) is 10.1. The fourth-order valence-corrected chi connectivity index (χ4v) is 1.81. The van der Waals surface area contributed by atoms with Crippen LogP contribution in [0.3, 0.4) is 0 Å². The van der Waals surface area contributed by atoms with Gasteiger partial charge in [0, 0.05) is 11.9 Å². The Morgan fingerprint density at radius 2 is 2.29 bits per heavy atom. The molecule has 3 nitrogen and oxygen atoms in total. The summed E-state index contributed by atoms with van der Waals surface area (Å²) in [5.41, 5.74) is 1.59. The van der Waals surface area contributed by atoms with Gasteiger partial charge in [-0.15, -0.1) is 0 Å². The second-order valence-electron chi connectivity index (χ2n) is 3.06. The number of hydrogen-bond acceptors (Lipinski definition) is 2. The van der Waals surface area contributed by atoms with Crippen molar-refractivity contribution in [3.05, 3.63) is 28.9 Å². The first kappa shape index (κ1) is 9.49. The van der Waals surface area contributed by atoms with E-state index in [0.29, 0.717) is 5.02 Å². The van der Waals surface area contributed by atoms with Gasteiger partial charge in [-0.25, -0.2) is 0 Å². The van der Waals surface area contributed by atoms with E-state index < -0.39 is 0 Å². The molecular weight excluding hydrogens is 200 g/mol. The van der Waals surface area contributed by atoms with Crippen LogP contribution >= 0.6 is 11.6 Å². The van der Waals surface area contributed by atoms with Crippen LogP contribution in [0, 0.1) is 0 Å². The molecule has 2 aromatic rings. The summed E-state index contributed by atoms with van der Waals surface area (Å²) in [6, 6.07) is 5.59. The number of nitrogens with zero attached hydrogens (tertiary/aromatic N) is 2. The van der Waals surface area contributed by atoms with Crippen molar-refractivity contribution in [3.63, 3.8) is 0 Å². The second kappa shape index (κ2) is 3.59. The third kappa shape index (κ3) is 1.29. The van der Waals surface area contributed by atoms with E-state index in [1.165, 1.54) is 0 Å². The number of aryl methyl sites for hydroxylation is 1. The van der Waals surface area contributed by atoms with Gasteiger partial charge in [0.05, 0.1) is 17.3 Å². The molecule has 0 aliphatic rings. The fraction of sp³-hybridized carbons (Fsp3) is 0.300. The van der Waals surface area contributed by atoms with Crippen molar-refractivity contribution >= 4 is 22.5 Å². The number of hydrogen-bond donors (Lipinski definition) is 1. The number of aliphatic hydroxyl groups is 1. The fourth-order valence-electron chi connectivity index (χ4n) is 1.60. The molecule has 0 unspecified atom stereocenters. The molecule has 14 heavy (non-hydrogen) atoms. The minimum absolute atomic E-state index is 0.00924. The maximum atomic E-state index is 9.22. The molecular formula is C10H11ClN2O. The van der Waals surface area contributed by atoms with Gasteiger partial charge in [-0.1, -0.05) is 23.7 Å². The second-order valence-corrected chi connectivity index (χ2v) is 3.46. The molecule has 0 saturated carbocycles. The quantitative estimate of drug-likeness (QED) is 0.825. The summed E-state index contributed by atoms with van der Waals surface area (Å²) in [7, 11) is 0. The van der Waals surface area contributed by atoms with Crippen molar-refractivity contribution < 1.29 is 5.11 Å². The summed E-state index contributed by atoms with van der Waals surface area (Å²) in [5.74, 6) is 0. The number of halogens is 1. The largest absolute Gasteiger partial charge is 0.390 e. The Bertz CT molecular complexity index is 464. The van der Waals surface area contributed by atoms with Crippen LogP contribution in [-0.4, -0.2) is 14.9 Å². The molecule has 2 rings (SSSR count). The molecule has 0 spiro atoms. The van der Waals surface area contributed by atoms with Crippen molar-refractivity contribution in [1.29, 1.82) is 0 Å². The minimum Gasteiger partial charge on any atom is -0.390 e. The highest BCUT2D eigenvalue weighted by molar-refractivity contribution is 6.35. The van der Waals surface area contributed by atoms with Crippen LogP contribution in [0.1, 0.15) is 12.6 Å². The maximum absolute atomic E-state index is 9.22. The zero-order valence-corrected chi connectivity index (χ0v) is 8.62. The van der Waals surface area contributed by atoms with Crippen molar-refractivity contribution in [1.82, 2.24) is 9.78 Å². The summed E-state index contributed by atoms with van der Waals surface area (Å²) in [5, 5.41) is 15.1. The Morgan fingerprint density at radius 3 is 2.93 bits per heavy atom. The molecule has 1 heterocycles. The molecule has 0 fully saturated rings. The molecule has 74 valence electrons. The van der Waals surface area contributed by atoms with Gasteiger partial charge in [-0.05, 0) is 13.0 Å². The van der Waals surface area contributed by atoms with Crippen LogP contribution in [-0.2, 0) is 13.2 Å². The number of rotatable bonds is 2. The minimum atomic E-state index is -0.00924. The standard InChI is InChI=1S/C10H11ClN2O/c1-2-13-9(6-14)7-4-3-5-8(11)10(7)12-13/h3-5,14H,2,6H2,1H3. The van der Waals surface area contributed by atoms with E-state index in [9.17, 15) is 5.11 Å². The summed E-state index contributed by atoms with van der Waals surface area (Å²) < 4.78 is 1.77. The van der Waals surface area contributed by atoms with Crippen LogP contribution < -0.4 is 0 Å². The number of aliphatic hydroxyl groups excluding tert-OH is 1. The number of aromatic nitrogens is 2. The first-order valence-electron chi connectivity index (χ1n) is 4.52. The van der Waals surface area contributed by atoms with Crippen LogP contribution in [0.4, 0.5) is 0 Å². The molecule has 0 amide bonds. The van der Waals surface area contributed by atoms with Crippen LogP contribution in [0.2, 0.25) is 5.02 Å². The summed E-state index contributed by atoms with van der Waals surface area (Å²) in [4.78, 5) is 0. The van der Waals surface area contributed by atoms with Gasteiger partial charge < -0.3 is 5.11 Å². The number of benzene rings is 1. The van der Waals surface area contributed by atoms with Crippen molar-refractivity contribution in [2.75, 3.05) is 0 Å². The highest BCUT2D eigenvalue weighted by atomic mass is 35.5. The topological polar surface area (TPSA) is 38.0 Å². The van der Waals surface area contributed by atoms with Crippen LogP contribution in [0.25, 0.3) is 10.9 Å². The third-order valence-electron chi connectivity index (χ3n) is 2.28. The van der Waals surface area contributed by atoms with E-state index in [2.05, 4.69) is 5.10 Å². The van der Waals surface area contributed by atoms with E-state index in [-0.39, 0.29) is 6.61 Å². The zero-order valence-electron chi connectivity index (χ0n) is 7.87. The maximum Gasteiger partial charge on any atom is 0.111 e. The van der Waals surface area contributed by atoms with E-state index in [4.69, 9.17) is 11.6 Å². The van der Waals surface area contributed by atoms with Gasteiger partial charge in [-0.2, -0.15) is 5.10 Å². The van der Waals surface area contributed by atoms with Crippen molar-refractivity contribution in [2.45, 2.75) is 20.1 Å². The number of fused-ring (bicyclic) bond motifs is 1. The normalized spacial score (nSPS) is 11.1. The third-order valence-corrected chi connectivity index (χ3v) is 2.58. The monoisotopic (exact) mass is 210 g/mol. The molecule has 4 heteroatoms. The predicted octanol–water partition coefficient (Wildman–Crippen LogP) is 2.20. The lowest BCUT2D eigenvalue weighted by molar-refractivity contribution is 0.270. The summed E-state index contributed by atoms with van der Waals surface area (Å²) >= 11 is 6.00. The van der Waals surface area contributed by atoms with E-state index in [1.807, 2.05) is 19.1 Å². The van der Waals surface area contributed by atoms with Gasteiger partial charge in [0.1, 0.15) is 5.52 Å². The lowest BCUT2D eigenvalue weighted by atomic mass is 10.2. The Hall–Kier alpha value is -1.06. The molecule has 1 N–H and O–H groups in total.